The van der Waals surface area contributed by atoms with E-state index in [0.717, 1.165) is 22.3 Å². The highest BCUT2D eigenvalue weighted by Gasteiger charge is 2.29. The van der Waals surface area contributed by atoms with Gasteiger partial charge in [0.25, 0.3) is 0 Å². The Hall–Kier alpha value is -3.31. The zero-order valence-electron chi connectivity index (χ0n) is 15.5. The van der Waals surface area contributed by atoms with Gasteiger partial charge in [0.1, 0.15) is 13.2 Å². The van der Waals surface area contributed by atoms with Gasteiger partial charge >= 0.3 is 6.09 Å². The largest absolute Gasteiger partial charge is 0.449 e. The summed E-state index contributed by atoms with van der Waals surface area (Å²) in [7, 11) is 0. The summed E-state index contributed by atoms with van der Waals surface area (Å²) in [6.45, 7) is -0.00606. The van der Waals surface area contributed by atoms with Crippen molar-refractivity contribution in [2.45, 2.75) is 5.92 Å². The molecule has 2 amide bonds. The molecule has 0 radical (unpaired) electrons. The Morgan fingerprint density at radius 1 is 0.862 bits per heavy atom. The maximum atomic E-state index is 12.1. The zero-order chi connectivity index (χ0) is 20.2. The van der Waals surface area contributed by atoms with Crippen molar-refractivity contribution in [2.75, 3.05) is 18.5 Å². The molecule has 29 heavy (non-hydrogen) atoms. The average molecular weight is 407 g/mol. The molecule has 4 rings (SSSR count). The Balaban J connectivity index is 1.33. The molecule has 0 heterocycles. The number of hydrogen-bond acceptors (Lipinski definition) is 3. The van der Waals surface area contributed by atoms with Crippen LogP contribution in [0, 0.1) is 0 Å². The van der Waals surface area contributed by atoms with E-state index in [9.17, 15) is 9.59 Å². The summed E-state index contributed by atoms with van der Waals surface area (Å²) >= 11 is 6.01. The lowest BCUT2D eigenvalue weighted by Gasteiger charge is -2.14. The summed E-state index contributed by atoms with van der Waals surface area (Å²) in [5, 5.41) is 5.56. The molecule has 0 saturated heterocycles. The minimum absolute atomic E-state index is 0.0231. The van der Waals surface area contributed by atoms with E-state index in [1.807, 2.05) is 24.3 Å². The molecule has 0 fully saturated rings. The van der Waals surface area contributed by atoms with Gasteiger partial charge in [0.2, 0.25) is 5.91 Å². The Morgan fingerprint density at radius 3 is 2.10 bits per heavy atom. The van der Waals surface area contributed by atoms with Crippen LogP contribution in [0.3, 0.4) is 0 Å². The van der Waals surface area contributed by atoms with E-state index in [-0.39, 0.29) is 25.0 Å². The Bertz CT molecular complexity index is 1020. The van der Waals surface area contributed by atoms with Gasteiger partial charge in [0, 0.05) is 5.92 Å². The second kappa shape index (κ2) is 8.37. The second-order valence-electron chi connectivity index (χ2n) is 6.71. The van der Waals surface area contributed by atoms with Crippen LogP contribution in [0.1, 0.15) is 17.0 Å². The van der Waals surface area contributed by atoms with Crippen LogP contribution in [0.5, 0.6) is 0 Å². The lowest BCUT2D eigenvalue weighted by atomic mass is 9.98. The maximum Gasteiger partial charge on any atom is 0.407 e. The van der Waals surface area contributed by atoms with Crippen LogP contribution in [0.2, 0.25) is 5.02 Å². The summed E-state index contributed by atoms with van der Waals surface area (Å²) in [6, 6.07) is 23.1. The van der Waals surface area contributed by atoms with E-state index in [2.05, 4.69) is 34.9 Å². The van der Waals surface area contributed by atoms with Crippen molar-refractivity contribution in [3.8, 4) is 11.1 Å². The van der Waals surface area contributed by atoms with Crippen LogP contribution in [-0.2, 0) is 9.53 Å². The fourth-order valence-electron chi connectivity index (χ4n) is 3.56. The number of benzene rings is 3. The number of rotatable bonds is 5. The van der Waals surface area contributed by atoms with Crippen molar-refractivity contribution in [1.82, 2.24) is 5.32 Å². The smallest absolute Gasteiger partial charge is 0.407 e. The molecule has 5 nitrogen and oxygen atoms in total. The Labute approximate surface area is 173 Å². The fourth-order valence-corrected chi connectivity index (χ4v) is 3.74. The van der Waals surface area contributed by atoms with E-state index in [4.69, 9.17) is 16.3 Å². The minimum Gasteiger partial charge on any atom is -0.449 e. The molecule has 6 heteroatoms. The van der Waals surface area contributed by atoms with Gasteiger partial charge in [-0.3, -0.25) is 4.79 Å². The normalized spacial score (nSPS) is 12.0. The number of halogens is 1. The molecule has 3 aromatic carbocycles. The molecule has 146 valence electrons. The number of carbonyl (C=O) groups excluding carboxylic acids is 2. The summed E-state index contributed by atoms with van der Waals surface area (Å²) in [5.74, 6) is -0.406. The van der Waals surface area contributed by atoms with E-state index < -0.39 is 6.09 Å². The molecule has 0 unspecified atom stereocenters. The average Bonchev–Trinajstić information content (AvgIpc) is 3.06. The molecule has 1 aliphatic carbocycles. The van der Waals surface area contributed by atoms with Gasteiger partial charge in [-0.05, 0) is 34.4 Å². The van der Waals surface area contributed by atoms with Crippen LogP contribution in [0.25, 0.3) is 11.1 Å². The maximum absolute atomic E-state index is 12.1. The highest BCUT2D eigenvalue weighted by Crippen LogP contribution is 2.44. The van der Waals surface area contributed by atoms with E-state index >= 15 is 0 Å². The highest BCUT2D eigenvalue weighted by molar-refractivity contribution is 6.33. The Kier molecular flexibility index (Phi) is 5.49. The summed E-state index contributed by atoms with van der Waals surface area (Å²) in [6.07, 6.45) is -0.638. The number of amides is 2. The van der Waals surface area contributed by atoms with Crippen molar-refractivity contribution in [1.29, 1.82) is 0 Å². The molecule has 0 aromatic heterocycles. The lowest BCUT2D eigenvalue weighted by Crippen LogP contribution is -2.34. The number of carbonyl (C=O) groups is 2. The molecular formula is C23H19ClN2O3. The first-order valence-corrected chi connectivity index (χ1v) is 9.64. The molecule has 0 aliphatic heterocycles. The van der Waals surface area contributed by atoms with Crippen LogP contribution in [-0.4, -0.2) is 25.2 Å². The molecule has 2 N–H and O–H groups in total. The van der Waals surface area contributed by atoms with Gasteiger partial charge < -0.3 is 15.4 Å². The lowest BCUT2D eigenvalue weighted by molar-refractivity contribution is -0.115. The third-order valence-electron chi connectivity index (χ3n) is 4.88. The number of alkyl carbamates (subject to hydrolysis) is 1. The van der Waals surface area contributed by atoms with Gasteiger partial charge in [0.05, 0.1) is 10.7 Å². The van der Waals surface area contributed by atoms with Gasteiger partial charge in [0.15, 0.2) is 0 Å². The van der Waals surface area contributed by atoms with Crippen molar-refractivity contribution in [3.05, 3.63) is 88.9 Å². The number of ether oxygens (including phenoxy) is 1. The minimum atomic E-state index is -0.638. The third kappa shape index (κ3) is 4.10. The van der Waals surface area contributed by atoms with E-state index in [0.29, 0.717) is 10.7 Å². The van der Waals surface area contributed by atoms with Gasteiger partial charge in [-0.2, -0.15) is 0 Å². The Morgan fingerprint density at radius 2 is 1.45 bits per heavy atom. The molecule has 0 bridgehead atoms. The topological polar surface area (TPSA) is 67.4 Å². The van der Waals surface area contributed by atoms with Gasteiger partial charge in [-0.15, -0.1) is 0 Å². The van der Waals surface area contributed by atoms with Crippen LogP contribution < -0.4 is 10.6 Å². The number of para-hydroxylation sites is 1. The fraction of sp³-hybridized carbons (Fsp3) is 0.130. The van der Waals surface area contributed by atoms with Gasteiger partial charge in [-0.25, -0.2) is 4.79 Å². The summed E-state index contributed by atoms with van der Waals surface area (Å²) in [4.78, 5) is 24.1. The number of nitrogens with one attached hydrogen (secondary N) is 2. The van der Waals surface area contributed by atoms with Crippen molar-refractivity contribution >= 4 is 29.3 Å². The van der Waals surface area contributed by atoms with Gasteiger partial charge in [-0.1, -0.05) is 72.3 Å². The SMILES string of the molecule is O=C(CNC(=O)OCC1c2ccccc2-c2ccccc21)Nc1ccccc1Cl. The quantitative estimate of drug-likeness (QED) is 0.638. The number of fused-ring (bicyclic) bond motifs is 3. The number of anilines is 1. The monoisotopic (exact) mass is 406 g/mol. The molecule has 0 spiro atoms. The first-order chi connectivity index (χ1) is 14.1. The third-order valence-corrected chi connectivity index (χ3v) is 5.21. The molecule has 1 aliphatic rings. The molecular weight excluding hydrogens is 388 g/mol. The van der Waals surface area contributed by atoms with E-state index in [1.165, 1.54) is 0 Å². The van der Waals surface area contributed by atoms with Crippen LogP contribution >= 0.6 is 11.6 Å². The van der Waals surface area contributed by atoms with Crippen LogP contribution in [0.4, 0.5) is 10.5 Å². The zero-order valence-corrected chi connectivity index (χ0v) is 16.3. The van der Waals surface area contributed by atoms with Crippen LogP contribution in [0.15, 0.2) is 72.8 Å². The molecule has 3 aromatic rings. The highest BCUT2D eigenvalue weighted by atomic mass is 35.5. The first kappa shape index (κ1) is 19.0. The summed E-state index contributed by atoms with van der Waals surface area (Å²) in [5.41, 5.74) is 5.09. The number of hydrogen-bond donors (Lipinski definition) is 2. The van der Waals surface area contributed by atoms with Crippen molar-refractivity contribution < 1.29 is 14.3 Å². The standard InChI is InChI=1S/C23H19ClN2O3/c24-20-11-5-6-12-21(20)26-22(27)13-25-23(28)29-14-19-17-9-3-1-7-15(17)16-8-2-4-10-18(16)19/h1-12,19H,13-14H2,(H,25,28)(H,26,27). The second-order valence-corrected chi connectivity index (χ2v) is 7.11. The first-order valence-electron chi connectivity index (χ1n) is 9.26. The van der Waals surface area contributed by atoms with E-state index in [1.54, 1.807) is 24.3 Å². The summed E-state index contributed by atoms with van der Waals surface area (Å²) < 4.78 is 5.41. The molecule has 0 atom stereocenters. The predicted octanol–water partition coefficient (Wildman–Crippen LogP) is 4.82. The molecule has 0 saturated carbocycles. The van der Waals surface area contributed by atoms with Crippen molar-refractivity contribution in [2.24, 2.45) is 0 Å². The predicted molar refractivity (Wildman–Crippen MR) is 113 cm³/mol. The van der Waals surface area contributed by atoms with Crippen molar-refractivity contribution in [3.63, 3.8) is 0 Å².